The average Bonchev–Trinajstić information content (AvgIpc) is 2.64. The molecule has 124 valence electrons. The molecule has 0 amide bonds. The highest BCUT2D eigenvalue weighted by Gasteiger charge is 2.51. The lowest BCUT2D eigenvalue weighted by atomic mass is 9.78. The molecule has 1 fully saturated rings. The van der Waals surface area contributed by atoms with Gasteiger partial charge in [-0.25, -0.2) is 0 Å². The Kier molecular flexibility index (Phi) is 4.74. The Bertz CT molecular complexity index is 634. The molecule has 1 aromatic rings. The van der Waals surface area contributed by atoms with Crippen LogP contribution in [-0.4, -0.2) is 33.5 Å². The predicted octanol–water partition coefficient (Wildman–Crippen LogP) is 3.22. The van der Waals surface area contributed by atoms with Gasteiger partial charge in [0.15, 0.2) is 0 Å². The Morgan fingerprint density at radius 1 is 1.04 bits per heavy atom. The third-order valence-electron chi connectivity index (χ3n) is 4.32. The largest absolute Gasteiger partial charge is 0.495 e. The Hall–Kier alpha value is -1.22. The highest BCUT2D eigenvalue weighted by atomic mass is 28.3. The second kappa shape index (κ2) is 6.01. The molecule has 0 spiro atoms. The van der Waals surface area contributed by atoms with Gasteiger partial charge in [-0.15, -0.1) is 5.54 Å². The van der Waals surface area contributed by atoms with Gasteiger partial charge in [0, 0.05) is 0 Å². The van der Waals surface area contributed by atoms with Gasteiger partial charge in [0.2, 0.25) is 0 Å². The number of ether oxygens (including phenoxy) is 1. The van der Waals surface area contributed by atoms with Gasteiger partial charge < -0.3 is 14.0 Å². The van der Waals surface area contributed by atoms with E-state index >= 15 is 0 Å². The fraction of sp³-hybridized carbons (Fsp3) is 0.556. The third-order valence-corrected chi connectivity index (χ3v) is 5.20. The maximum absolute atomic E-state index is 6.12. The van der Waals surface area contributed by atoms with Crippen LogP contribution in [0.2, 0.25) is 19.6 Å². The zero-order valence-electron chi connectivity index (χ0n) is 15.5. The zero-order valence-corrected chi connectivity index (χ0v) is 16.5. The minimum atomic E-state index is -1.45. The van der Waals surface area contributed by atoms with E-state index in [1.807, 2.05) is 18.2 Å². The highest BCUT2D eigenvalue weighted by Crippen LogP contribution is 2.36. The normalized spacial score (nSPS) is 19.2. The van der Waals surface area contributed by atoms with Crippen molar-refractivity contribution in [1.82, 2.24) is 0 Å². The molecule has 1 heterocycles. The van der Waals surface area contributed by atoms with Crippen LogP contribution in [0.5, 0.6) is 5.75 Å². The van der Waals surface area contributed by atoms with Crippen molar-refractivity contribution >= 4 is 20.7 Å². The summed E-state index contributed by atoms with van der Waals surface area (Å²) < 4.78 is 17.7. The van der Waals surface area contributed by atoms with Crippen molar-refractivity contribution in [3.05, 3.63) is 23.8 Å². The number of rotatable bonds is 2. The van der Waals surface area contributed by atoms with Crippen LogP contribution in [0.15, 0.2) is 18.2 Å². The topological polar surface area (TPSA) is 27.7 Å². The summed E-state index contributed by atoms with van der Waals surface area (Å²) in [5.41, 5.74) is 4.57. The second-order valence-electron chi connectivity index (χ2n) is 8.05. The minimum Gasteiger partial charge on any atom is -0.495 e. The van der Waals surface area contributed by atoms with Crippen LogP contribution in [0.25, 0.3) is 0 Å². The molecule has 1 aliphatic heterocycles. The molecule has 5 heteroatoms. The van der Waals surface area contributed by atoms with Crippen molar-refractivity contribution in [2.45, 2.75) is 58.5 Å². The van der Waals surface area contributed by atoms with Crippen molar-refractivity contribution in [2.75, 3.05) is 7.11 Å². The molecule has 1 aliphatic rings. The van der Waals surface area contributed by atoms with Gasteiger partial charge in [-0.2, -0.15) is 0 Å². The van der Waals surface area contributed by atoms with Crippen molar-refractivity contribution in [3.63, 3.8) is 0 Å². The Labute approximate surface area is 141 Å². The minimum absolute atomic E-state index is 0.345. The summed E-state index contributed by atoms with van der Waals surface area (Å²) in [6.45, 7) is 14.9. The summed E-state index contributed by atoms with van der Waals surface area (Å²) in [5, 5.41) is 0. The summed E-state index contributed by atoms with van der Waals surface area (Å²) in [6.07, 6.45) is 0. The quantitative estimate of drug-likeness (QED) is 0.616. The molecule has 23 heavy (non-hydrogen) atoms. The molecule has 1 saturated heterocycles. The van der Waals surface area contributed by atoms with Crippen LogP contribution in [0, 0.1) is 11.5 Å². The SMILES string of the molecule is COc1ccc(B2OC(C)(C)C(C)(C)O2)cc1C#C[Si](C)(C)C. The first kappa shape index (κ1) is 18.1. The monoisotopic (exact) mass is 330 g/mol. The zero-order chi connectivity index (χ0) is 17.5. The van der Waals surface area contributed by atoms with Crippen molar-refractivity contribution in [1.29, 1.82) is 0 Å². The Morgan fingerprint density at radius 2 is 1.61 bits per heavy atom. The molecule has 0 bridgehead atoms. The van der Waals surface area contributed by atoms with Crippen molar-refractivity contribution in [2.24, 2.45) is 0 Å². The second-order valence-corrected chi connectivity index (χ2v) is 12.8. The van der Waals surface area contributed by atoms with Gasteiger partial charge in [0.25, 0.3) is 0 Å². The molecule has 0 unspecified atom stereocenters. The Morgan fingerprint density at radius 3 is 2.09 bits per heavy atom. The maximum Gasteiger partial charge on any atom is 0.494 e. The Balaban J connectivity index is 2.37. The van der Waals surface area contributed by atoms with E-state index < -0.39 is 8.07 Å². The fourth-order valence-electron chi connectivity index (χ4n) is 2.20. The number of methoxy groups -OCH3 is 1. The summed E-state index contributed by atoms with van der Waals surface area (Å²) in [6, 6.07) is 5.95. The van der Waals surface area contributed by atoms with Crippen LogP contribution in [0.3, 0.4) is 0 Å². The molecule has 1 aromatic carbocycles. The maximum atomic E-state index is 6.12. The van der Waals surface area contributed by atoms with E-state index in [0.29, 0.717) is 0 Å². The van der Waals surface area contributed by atoms with E-state index in [9.17, 15) is 0 Å². The van der Waals surface area contributed by atoms with E-state index in [2.05, 4.69) is 58.8 Å². The summed E-state index contributed by atoms with van der Waals surface area (Å²) in [4.78, 5) is 0. The fourth-order valence-corrected chi connectivity index (χ4v) is 2.71. The molecule has 0 radical (unpaired) electrons. The van der Waals surface area contributed by atoms with Crippen LogP contribution >= 0.6 is 0 Å². The van der Waals surface area contributed by atoms with Crippen LogP contribution in [-0.2, 0) is 9.31 Å². The van der Waals surface area contributed by atoms with Gasteiger partial charge in [-0.1, -0.05) is 31.6 Å². The molecule has 0 aliphatic carbocycles. The van der Waals surface area contributed by atoms with E-state index in [1.165, 1.54) is 0 Å². The first-order valence-electron chi connectivity index (χ1n) is 8.02. The molecule has 0 saturated carbocycles. The molecule has 2 rings (SSSR count). The van der Waals surface area contributed by atoms with Crippen LogP contribution < -0.4 is 10.2 Å². The van der Waals surface area contributed by atoms with E-state index in [-0.39, 0.29) is 18.3 Å². The molecular weight excluding hydrogens is 303 g/mol. The first-order chi connectivity index (χ1) is 10.5. The van der Waals surface area contributed by atoms with Crippen LogP contribution in [0.4, 0.5) is 0 Å². The van der Waals surface area contributed by atoms with Crippen molar-refractivity contribution < 1.29 is 14.0 Å². The van der Waals surface area contributed by atoms with Gasteiger partial charge in [-0.05, 0) is 45.3 Å². The standard InChI is InChI=1S/C18H27BO3Si/c1-17(2)18(3,4)22-19(21-17)15-9-10-16(20-5)14(13-15)11-12-23(6,7)8/h9-10,13H,1-8H3. The number of hydrogen-bond donors (Lipinski definition) is 0. The summed E-state index contributed by atoms with van der Waals surface area (Å²) in [5.74, 6) is 4.07. The number of hydrogen-bond acceptors (Lipinski definition) is 3. The van der Waals surface area contributed by atoms with Crippen molar-refractivity contribution in [3.8, 4) is 17.2 Å². The van der Waals surface area contributed by atoms with Gasteiger partial charge >= 0.3 is 7.12 Å². The van der Waals surface area contributed by atoms with Crippen LogP contribution in [0.1, 0.15) is 33.3 Å². The van der Waals surface area contributed by atoms with Gasteiger partial charge in [0.05, 0.1) is 23.9 Å². The summed E-state index contributed by atoms with van der Waals surface area (Å²) in [7, 11) is -0.156. The smallest absolute Gasteiger partial charge is 0.494 e. The highest BCUT2D eigenvalue weighted by molar-refractivity contribution is 6.83. The lowest BCUT2D eigenvalue weighted by Gasteiger charge is -2.32. The predicted molar refractivity (Wildman–Crippen MR) is 98.9 cm³/mol. The first-order valence-corrected chi connectivity index (χ1v) is 11.5. The lowest BCUT2D eigenvalue weighted by Crippen LogP contribution is -2.41. The lowest BCUT2D eigenvalue weighted by molar-refractivity contribution is 0.00578. The van der Waals surface area contributed by atoms with E-state index in [1.54, 1.807) is 7.11 Å². The molecule has 3 nitrogen and oxygen atoms in total. The molecular formula is C18H27BO3Si. The van der Waals surface area contributed by atoms with Gasteiger partial charge in [-0.3, -0.25) is 0 Å². The van der Waals surface area contributed by atoms with E-state index in [4.69, 9.17) is 14.0 Å². The molecule has 0 N–H and O–H groups in total. The summed E-state index contributed by atoms with van der Waals surface area (Å²) >= 11 is 0. The average molecular weight is 330 g/mol. The number of benzene rings is 1. The molecule has 0 atom stereocenters. The van der Waals surface area contributed by atoms with Gasteiger partial charge in [0.1, 0.15) is 13.8 Å². The third kappa shape index (κ3) is 4.01. The molecule has 0 aromatic heterocycles. The van der Waals surface area contributed by atoms with E-state index in [0.717, 1.165) is 16.8 Å².